The van der Waals surface area contributed by atoms with Crippen LogP contribution in [-0.2, 0) is 12.0 Å². The smallest absolute Gasteiger partial charge is 0.121 e. The first-order valence-electron chi connectivity index (χ1n) is 7.40. The number of aromatic nitrogens is 1. The number of anilines is 1. The molecule has 0 aliphatic heterocycles. The molecule has 21 heavy (non-hydrogen) atoms. The highest BCUT2D eigenvalue weighted by atomic mass is 32.1. The van der Waals surface area contributed by atoms with E-state index in [2.05, 4.69) is 44.5 Å². The number of rotatable bonds is 6. The summed E-state index contributed by atoms with van der Waals surface area (Å²) in [6.07, 6.45) is 1.02. The van der Waals surface area contributed by atoms with E-state index in [0.717, 1.165) is 36.7 Å². The number of nitrogens with zero attached hydrogens (tertiary/aromatic N) is 1. The van der Waals surface area contributed by atoms with Gasteiger partial charge in [0.15, 0.2) is 0 Å². The molecule has 0 aliphatic carbocycles. The minimum Gasteiger partial charge on any atom is -0.494 e. The van der Waals surface area contributed by atoms with Crippen LogP contribution in [0, 0.1) is 0 Å². The Labute approximate surface area is 131 Å². The molecule has 1 aromatic carbocycles. The Kier molecular flexibility index (Phi) is 5.23. The van der Waals surface area contributed by atoms with Crippen LogP contribution in [0.3, 0.4) is 0 Å². The SMILES string of the molecule is CCCOc1cccc(NCc2csc(C(C)(C)C)n2)c1. The molecule has 0 unspecified atom stereocenters. The summed E-state index contributed by atoms with van der Waals surface area (Å²) in [4.78, 5) is 4.69. The number of hydrogen-bond donors (Lipinski definition) is 1. The molecule has 2 aromatic rings. The molecule has 1 N–H and O–H groups in total. The van der Waals surface area contributed by atoms with Gasteiger partial charge in [-0.15, -0.1) is 11.3 Å². The van der Waals surface area contributed by atoms with Crippen molar-refractivity contribution in [1.82, 2.24) is 4.98 Å². The van der Waals surface area contributed by atoms with Gasteiger partial charge < -0.3 is 10.1 Å². The largest absolute Gasteiger partial charge is 0.494 e. The third-order valence-corrected chi connectivity index (χ3v) is 4.29. The van der Waals surface area contributed by atoms with E-state index in [9.17, 15) is 0 Å². The number of hydrogen-bond acceptors (Lipinski definition) is 4. The Morgan fingerprint density at radius 1 is 1.29 bits per heavy atom. The molecule has 0 aliphatic rings. The van der Waals surface area contributed by atoms with Crippen molar-refractivity contribution in [2.75, 3.05) is 11.9 Å². The molecular formula is C17H24N2OS. The summed E-state index contributed by atoms with van der Waals surface area (Å²) in [5, 5.41) is 6.72. The monoisotopic (exact) mass is 304 g/mol. The van der Waals surface area contributed by atoms with Gasteiger partial charge in [-0.25, -0.2) is 4.98 Å². The first-order chi connectivity index (χ1) is 9.99. The lowest BCUT2D eigenvalue weighted by Crippen LogP contribution is -2.11. The zero-order valence-corrected chi connectivity index (χ0v) is 14.1. The van der Waals surface area contributed by atoms with Crippen LogP contribution >= 0.6 is 11.3 Å². The Balaban J connectivity index is 1.95. The lowest BCUT2D eigenvalue weighted by Gasteiger charge is -2.13. The molecule has 0 spiro atoms. The van der Waals surface area contributed by atoms with Gasteiger partial charge in [0.25, 0.3) is 0 Å². The first-order valence-corrected chi connectivity index (χ1v) is 8.28. The average molecular weight is 304 g/mol. The number of nitrogens with one attached hydrogen (secondary N) is 1. The summed E-state index contributed by atoms with van der Waals surface area (Å²) < 4.78 is 5.64. The number of ether oxygens (including phenoxy) is 1. The van der Waals surface area contributed by atoms with E-state index in [-0.39, 0.29) is 5.41 Å². The van der Waals surface area contributed by atoms with Crippen molar-refractivity contribution in [1.29, 1.82) is 0 Å². The standard InChI is InChI=1S/C17H24N2OS/c1-5-9-20-15-8-6-7-13(10-15)18-11-14-12-21-16(19-14)17(2,3)4/h6-8,10,12,18H,5,9,11H2,1-4H3. The number of benzene rings is 1. The normalized spacial score (nSPS) is 11.4. The summed E-state index contributed by atoms with van der Waals surface area (Å²) in [5.41, 5.74) is 2.27. The predicted molar refractivity (Wildman–Crippen MR) is 90.4 cm³/mol. The minimum atomic E-state index is 0.122. The van der Waals surface area contributed by atoms with Gasteiger partial charge in [-0.3, -0.25) is 0 Å². The fourth-order valence-corrected chi connectivity index (χ4v) is 2.75. The first kappa shape index (κ1) is 15.8. The van der Waals surface area contributed by atoms with Crippen LogP contribution < -0.4 is 10.1 Å². The highest BCUT2D eigenvalue weighted by Crippen LogP contribution is 2.26. The van der Waals surface area contributed by atoms with Crippen LogP contribution in [0.1, 0.15) is 44.8 Å². The second-order valence-corrected chi connectivity index (χ2v) is 6.98. The quantitative estimate of drug-likeness (QED) is 0.829. The van der Waals surface area contributed by atoms with Gasteiger partial charge in [0.05, 0.1) is 23.9 Å². The molecule has 1 aromatic heterocycles. The van der Waals surface area contributed by atoms with Crippen LogP contribution in [0.5, 0.6) is 5.75 Å². The molecule has 0 fully saturated rings. The molecule has 0 saturated carbocycles. The summed E-state index contributed by atoms with van der Waals surface area (Å²) in [5.74, 6) is 0.913. The third kappa shape index (κ3) is 4.74. The molecule has 114 valence electrons. The van der Waals surface area contributed by atoms with Crippen molar-refractivity contribution >= 4 is 17.0 Å². The van der Waals surface area contributed by atoms with E-state index >= 15 is 0 Å². The number of thiazole rings is 1. The zero-order valence-electron chi connectivity index (χ0n) is 13.3. The van der Waals surface area contributed by atoms with E-state index in [0.29, 0.717) is 0 Å². The van der Waals surface area contributed by atoms with Crippen molar-refractivity contribution in [3.63, 3.8) is 0 Å². The topological polar surface area (TPSA) is 34.1 Å². The molecule has 3 nitrogen and oxygen atoms in total. The summed E-state index contributed by atoms with van der Waals surface area (Å²) in [6.45, 7) is 10.2. The maximum Gasteiger partial charge on any atom is 0.121 e. The second kappa shape index (κ2) is 6.94. The molecule has 2 rings (SSSR count). The van der Waals surface area contributed by atoms with E-state index in [4.69, 9.17) is 9.72 Å². The van der Waals surface area contributed by atoms with Crippen molar-refractivity contribution in [3.8, 4) is 5.75 Å². The van der Waals surface area contributed by atoms with Crippen LogP contribution in [0.2, 0.25) is 0 Å². The van der Waals surface area contributed by atoms with Gasteiger partial charge in [0.1, 0.15) is 5.75 Å². The van der Waals surface area contributed by atoms with E-state index in [1.807, 2.05) is 18.2 Å². The Morgan fingerprint density at radius 3 is 2.76 bits per heavy atom. The van der Waals surface area contributed by atoms with Gasteiger partial charge >= 0.3 is 0 Å². The fraction of sp³-hybridized carbons (Fsp3) is 0.471. The lowest BCUT2D eigenvalue weighted by atomic mass is 9.98. The zero-order chi connectivity index (χ0) is 15.3. The average Bonchev–Trinajstić information content (AvgIpc) is 2.92. The predicted octanol–water partition coefficient (Wildman–Crippen LogP) is 4.84. The van der Waals surface area contributed by atoms with Gasteiger partial charge in [0.2, 0.25) is 0 Å². The van der Waals surface area contributed by atoms with Crippen LogP contribution in [0.4, 0.5) is 5.69 Å². The van der Waals surface area contributed by atoms with Crippen LogP contribution in [-0.4, -0.2) is 11.6 Å². The molecule has 1 heterocycles. The van der Waals surface area contributed by atoms with Crippen molar-refractivity contribution in [2.45, 2.75) is 46.1 Å². The van der Waals surface area contributed by atoms with Crippen LogP contribution in [0.15, 0.2) is 29.6 Å². The molecule has 0 radical (unpaired) electrons. The van der Waals surface area contributed by atoms with Crippen molar-refractivity contribution in [2.24, 2.45) is 0 Å². The van der Waals surface area contributed by atoms with Gasteiger partial charge in [-0.1, -0.05) is 33.8 Å². The summed E-state index contributed by atoms with van der Waals surface area (Å²) in [7, 11) is 0. The molecule has 0 amide bonds. The Bertz CT molecular complexity index is 572. The molecule has 4 heteroatoms. The highest BCUT2D eigenvalue weighted by molar-refractivity contribution is 7.09. The third-order valence-electron chi connectivity index (χ3n) is 2.97. The van der Waals surface area contributed by atoms with Gasteiger partial charge in [-0.05, 0) is 18.6 Å². The lowest BCUT2D eigenvalue weighted by molar-refractivity contribution is 0.317. The Hall–Kier alpha value is -1.55. The van der Waals surface area contributed by atoms with Crippen molar-refractivity contribution in [3.05, 3.63) is 40.3 Å². The van der Waals surface area contributed by atoms with Crippen molar-refractivity contribution < 1.29 is 4.74 Å². The maximum absolute atomic E-state index is 5.64. The fourth-order valence-electron chi connectivity index (χ4n) is 1.84. The highest BCUT2D eigenvalue weighted by Gasteiger charge is 2.17. The van der Waals surface area contributed by atoms with E-state index < -0.39 is 0 Å². The van der Waals surface area contributed by atoms with Crippen LogP contribution in [0.25, 0.3) is 0 Å². The maximum atomic E-state index is 5.64. The second-order valence-electron chi connectivity index (χ2n) is 6.12. The molecule has 0 bridgehead atoms. The molecular weight excluding hydrogens is 280 g/mol. The van der Waals surface area contributed by atoms with Gasteiger partial charge in [0, 0.05) is 22.5 Å². The van der Waals surface area contributed by atoms with E-state index in [1.165, 1.54) is 5.01 Å². The summed E-state index contributed by atoms with van der Waals surface area (Å²) in [6, 6.07) is 8.08. The Morgan fingerprint density at radius 2 is 2.10 bits per heavy atom. The summed E-state index contributed by atoms with van der Waals surface area (Å²) >= 11 is 1.73. The molecule has 0 saturated heterocycles. The van der Waals surface area contributed by atoms with E-state index in [1.54, 1.807) is 11.3 Å². The van der Waals surface area contributed by atoms with Gasteiger partial charge in [-0.2, -0.15) is 0 Å². The minimum absolute atomic E-state index is 0.122. The molecule has 0 atom stereocenters.